The lowest BCUT2D eigenvalue weighted by Gasteiger charge is -2.05. The van der Waals surface area contributed by atoms with Crippen molar-refractivity contribution in [3.8, 4) is 6.19 Å². The quantitative estimate of drug-likeness (QED) is 0.422. The number of nitriles is 1. The topological polar surface area (TPSA) is 73.6 Å². The maximum Gasteiger partial charge on any atom is 0.182 e. The highest BCUT2D eigenvalue weighted by Crippen LogP contribution is 2.08. The summed E-state index contributed by atoms with van der Waals surface area (Å²) in [5.74, 6) is 1.27. The van der Waals surface area contributed by atoms with Gasteiger partial charge in [-0.25, -0.2) is 9.97 Å². The molecule has 0 radical (unpaired) electrons. The number of rotatable bonds is 6. The normalized spacial score (nSPS) is 9.33. The number of nitrogens with one attached hydrogen (secondary N) is 2. The number of nitrogens with zero attached hydrogens (tertiary/aromatic N) is 3. The van der Waals surface area contributed by atoms with Crippen molar-refractivity contribution in [2.45, 2.75) is 26.2 Å². The maximum atomic E-state index is 8.41. The molecular formula is C10H15N5. The first kappa shape index (κ1) is 11.2. The molecule has 5 nitrogen and oxygen atoms in total. The molecule has 0 aliphatic heterocycles. The zero-order valence-corrected chi connectivity index (χ0v) is 8.82. The van der Waals surface area contributed by atoms with Gasteiger partial charge in [-0.1, -0.05) is 19.8 Å². The Balaban J connectivity index is 2.40. The summed E-state index contributed by atoms with van der Waals surface area (Å²) in [6.07, 6.45) is 6.79. The van der Waals surface area contributed by atoms with Gasteiger partial charge in [-0.2, -0.15) is 5.26 Å². The number of unbranched alkanes of at least 4 members (excludes halogenated alkanes) is 2. The molecule has 0 spiro atoms. The predicted octanol–water partition coefficient (Wildman–Crippen LogP) is 1.97. The molecule has 1 aromatic rings. The average Bonchev–Trinajstić information content (AvgIpc) is 2.26. The van der Waals surface area contributed by atoms with Crippen LogP contribution in [-0.4, -0.2) is 16.5 Å². The van der Waals surface area contributed by atoms with Crippen molar-refractivity contribution >= 4 is 11.6 Å². The van der Waals surface area contributed by atoms with E-state index in [4.69, 9.17) is 5.26 Å². The average molecular weight is 205 g/mol. The van der Waals surface area contributed by atoms with E-state index in [2.05, 4.69) is 27.5 Å². The highest BCUT2D eigenvalue weighted by molar-refractivity contribution is 5.48. The van der Waals surface area contributed by atoms with Gasteiger partial charge >= 0.3 is 0 Å². The molecule has 0 amide bonds. The molecule has 80 valence electrons. The third-order valence-electron chi connectivity index (χ3n) is 1.94. The van der Waals surface area contributed by atoms with E-state index in [9.17, 15) is 0 Å². The smallest absolute Gasteiger partial charge is 0.182 e. The van der Waals surface area contributed by atoms with Crippen molar-refractivity contribution in [3.05, 3.63) is 12.4 Å². The zero-order valence-electron chi connectivity index (χ0n) is 8.82. The van der Waals surface area contributed by atoms with Crippen LogP contribution in [0.4, 0.5) is 11.6 Å². The van der Waals surface area contributed by atoms with Crippen molar-refractivity contribution in [1.29, 1.82) is 5.26 Å². The van der Waals surface area contributed by atoms with Gasteiger partial charge in [-0.15, -0.1) is 0 Å². The second-order valence-corrected chi connectivity index (χ2v) is 3.16. The third-order valence-corrected chi connectivity index (χ3v) is 1.94. The number of aromatic nitrogens is 2. The predicted molar refractivity (Wildman–Crippen MR) is 59.3 cm³/mol. The Morgan fingerprint density at radius 2 is 2.13 bits per heavy atom. The van der Waals surface area contributed by atoms with Gasteiger partial charge in [0.05, 0.1) is 0 Å². The molecule has 0 bridgehead atoms. The Labute approximate surface area is 89.6 Å². The molecule has 0 aliphatic rings. The van der Waals surface area contributed by atoms with E-state index in [-0.39, 0.29) is 0 Å². The van der Waals surface area contributed by atoms with E-state index < -0.39 is 0 Å². The molecule has 15 heavy (non-hydrogen) atoms. The van der Waals surface area contributed by atoms with Gasteiger partial charge in [0.25, 0.3) is 0 Å². The number of anilines is 2. The van der Waals surface area contributed by atoms with E-state index in [1.165, 1.54) is 19.2 Å². The third kappa shape index (κ3) is 4.27. The lowest BCUT2D eigenvalue weighted by molar-refractivity contribution is 0.742. The molecule has 0 atom stereocenters. The fourth-order valence-corrected chi connectivity index (χ4v) is 1.17. The number of hydrogen-bond acceptors (Lipinski definition) is 5. The van der Waals surface area contributed by atoms with Crippen molar-refractivity contribution in [1.82, 2.24) is 9.97 Å². The van der Waals surface area contributed by atoms with E-state index in [1.54, 1.807) is 6.07 Å². The molecular weight excluding hydrogens is 190 g/mol. The summed E-state index contributed by atoms with van der Waals surface area (Å²) in [7, 11) is 0. The van der Waals surface area contributed by atoms with Crippen LogP contribution in [0.15, 0.2) is 12.4 Å². The highest BCUT2D eigenvalue weighted by atomic mass is 15.1. The Kier molecular flexibility index (Phi) is 4.95. The van der Waals surface area contributed by atoms with E-state index >= 15 is 0 Å². The number of hydrogen-bond donors (Lipinski definition) is 2. The van der Waals surface area contributed by atoms with Crippen molar-refractivity contribution in [3.63, 3.8) is 0 Å². The summed E-state index contributed by atoms with van der Waals surface area (Å²) in [5, 5.41) is 14.1. The minimum atomic E-state index is 0.519. The Morgan fingerprint density at radius 3 is 2.87 bits per heavy atom. The molecule has 0 aromatic carbocycles. The second kappa shape index (κ2) is 6.60. The van der Waals surface area contributed by atoms with Crippen LogP contribution < -0.4 is 10.6 Å². The lowest BCUT2D eigenvalue weighted by atomic mass is 10.2. The standard InChI is InChI=1S/C10H15N5/c1-2-3-4-5-12-9-6-10(13-7-11)15-8-14-9/h6,8H,2-5H2,1H3,(H2,12,13,14,15). The van der Waals surface area contributed by atoms with Crippen molar-refractivity contribution in [2.24, 2.45) is 0 Å². The van der Waals surface area contributed by atoms with Crippen LogP contribution in [0, 0.1) is 11.5 Å². The van der Waals surface area contributed by atoms with Gasteiger partial charge < -0.3 is 5.32 Å². The summed E-state index contributed by atoms with van der Waals surface area (Å²) >= 11 is 0. The Morgan fingerprint density at radius 1 is 1.33 bits per heavy atom. The first-order valence-corrected chi connectivity index (χ1v) is 5.08. The monoisotopic (exact) mass is 205 g/mol. The molecule has 1 heterocycles. The second-order valence-electron chi connectivity index (χ2n) is 3.16. The molecule has 1 rings (SSSR count). The molecule has 0 saturated heterocycles. The van der Waals surface area contributed by atoms with Crippen LogP contribution in [0.5, 0.6) is 0 Å². The summed E-state index contributed by atoms with van der Waals surface area (Å²) in [4.78, 5) is 7.94. The van der Waals surface area contributed by atoms with Crippen LogP contribution in [0.2, 0.25) is 0 Å². The maximum absolute atomic E-state index is 8.41. The summed E-state index contributed by atoms with van der Waals surface area (Å²) in [5.41, 5.74) is 0. The minimum Gasteiger partial charge on any atom is -0.370 e. The molecule has 2 N–H and O–H groups in total. The van der Waals surface area contributed by atoms with Gasteiger partial charge in [-0.3, -0.25) is 5.32 Å². The minimum absolute atomic E-state index is 0.519. The van der Waals surface area contributed by atoms with E-state index in [0.717, 1.165) is 18.8 Å². The molecule has 0 aliphatic carbocycles. The molecule has 1 aromatic heterocycles. The molecule has 0 fully saturated rings. The first-order valence-electron chi connectivity index (χ1n) is 5.08. The van der Waals surface area contributed by atoms with E-state index in [0.29, 0.717) is 5.82 Å². The Hall–Kier alpha value is -1.83. The fourth-order valence-electron chi connectivity index (χ4n) is 1.17. The van der Waals surface area contributed by atoms with Gasteiger partial charge in [0.1, 0.15) is 18.0 Å². The van der Waals surface area contributed by atoms with Crippen LogP contribution in [0.3, 0.4) is 0 Å². The van der Waals surface area contributed by atoms with Crippen molar-refractivity contribution in [2.75, 3.05) is 17.2 Å². The van der Waals surface area contributed by atoms with Crippen LogP contribution in [0.25, 0.3) is 0 Å². The van der Waals surface area contributed by atoms with Gasteiger partial charge in [-0.05, 0) is 6.42 Å². The summed E-state index contributed by atoms with van der Waals surface area (Å²) in [6, 6.07) is 1.72. The highest BCUT2D eigenvalue weighted by Gasteiger charge is 1.96. The van der Waals surface area contributed by atoms with Crippen LogP contribution >= 0.6 is 0 Å². The summed E-state index contributed by atoms with van der Waals surface area (Å²) < 4.78 is 0. The largest absolute Gasteiger partial charge is 0.370 e. The first-order chi connectivity index (χ1) is 7.36. The van der Waals surface area contributed by atoms with Gasteiger partial charge in [0.2, 0.25) is 0 Å². The SMILES string of the molecule is CCCCCNc1cc(NC#N)ncn1. The zero-order chi connectivity index (χ0) is 10.9. The fraction of sp³-hybridized carbons (Fsp3) is 0.500. The van der Waals surface area contributed by atoms with Crippen LogP contribution in [-0.2, 0) is 0 Å². The van der Waals surface area contributed by atoms with Gasteiger partial charge in [0.15, 0.2) is 6.19 Å². The lowest BCUT2D eigenvalue weighted by Crippen LogP contribution is -2.04. The molecule has 0 unspecified atom stereocenters. The van der Waals surface area contributed by atoms with Crippen LogP contribution in [0.1, 0.15) is 26.2 Å². The Bertz CT molecular complexity index is 331. The molecule has 5 heteroatoms. The van der Waals surface area contributed by atoms with Gasteiger partial charge in [0, 0.05) is 12.6 Å². The van der Waals surface area contributed by atoms with E-state index in [1.807, 2.05) is 6.19 Å². The summed E-state index contributed by atoms with van der Waals surface area (Å²) in [6.45, 7) is 3.07. The van der Waals surface area contributed by atoms with Crippen molar-refractivity contribution < 1.29 is 0 Å². The molecule has 0 saturated carbocycles.